The van der Waals surface area contributed by atoms with Crippen LogP contribution in [0.2, 0.25) is 0 Å². The van der Waals surface area contributed by atoms with Crippen LogP contribution in [-0.4, -0.2) is 37.8 Å². The van der Waals surface area contributed by atoms with Gasteiger partial charge in [-0.05, 0) is 59.1 Å². The molecular formula is C18H21BrN2O4. The van der Waals surface area contributed by atoms with Gasteiger partial charge in [-0.3, -0.25) is 4.79 Å². The van der Waals surface area contributed by atoms with Crippen molar-refractivity contribution in [3.05, 3.63) is 46.7 Å². The summed E-state index contributed by atoms with van der Waals surface area (Å²) in [6.07, 6.45) is 1.70. The molecule has 25 heavy (non-hydrogen) atoms. The number of rotatable bonds is 8. The minimum absolute atomic E-state index is 0.184. The van der Waals surface area contributed by atoms with Gasteiger partial charge in [0, 0.05) is 12.7 Å². The normalized spacial score (nSPS) is 11.5. The van der Waals surface area contributed by atoms with E-state index in [1.165, 1.54) is 0 Å². The summed E-state index contributed by atoms with van der Waals surface area (Å²) in [6, 6.07) is 9.20. The number of benzene rings is 1. The monoisotopic (exact) mass is 408 g/mol. The Hall–Kier alpha value is -2.28. The lowest BCUT2D eigenvalue weighted by atomic mass is 10.1. The fourth-order valence-electron chi connectivity index (χ4n) is 2.21. The van der Waals surface area contributed by atoms with Gasteiger partial charge in [-0.1, -0.05) is 6.07 Å². The van der Waals surface area contributed by atoms with Crippen LogP contribution in [0.1, 0.15) is 12.5 Å². The van der Waals surface area contributed by atoms with Crippen molar-refractivity contribution in [2.24, 2.45) is 0 Å². The van der Waals surface area contributed by atoms with Gasteiger partial charge in [0.2, 0.25) is 0 Å². The zero-order valence-electron chi connectivity index (χ0n) is 14.4. The molecule has 1 aromatic heterocycles. The first kappa shape index (κ1) is 19.1. The first-order valence-corrected chi connectivity index (χ1v) is 8.60. The summed E-state index contributed by atoms with van der Waals surface area (Å²) in [5.41, 5.74) is 1.04. The highest BCUT2D eigenvalue weighted by molar-refractivity contribution is 9.10. The Morgan fingerprint density at radius 1 is 1.20 bits per heavy atom. The van der Waals surface area contributed by atoms with Crippen molar-refractivity contribution in [2.45, 2.75) is 19.4 Å². The lowest BCUT2D eigenvalue weighted by Gasteiger charge is -2.15. The largest absolute Gasteiger partial charge is 0.493 e. The molecule has 0 saturated heterocycles. The number of aromatic nitrogens is 1. The Balaban J connectivity index is 1.84. The summed E-state index contributed by atoms with van der Waals surface area (Å²) in [6.45, 7) is 2.20. The van der Waals surface area contributed by atoms with Crippen LogP contribution in [-0.2, 0) is 11.2 Å². The Bertz CT molecular complexity index is 724. The van der Waals surface area contributed by atoms with E-state index < -0.39 is 6.10 Å². The van der Waals surface area contributed by atoms with Crippen molar-refractivity contribution >= 4 is 21.8 Å². The Morgan fingerprint density at radius 3 is 2.64 bits per heavy atom. The van der Waals surface area contributed by atoms with Crippen LogP contribution in [0.5, 0.6) is 17.2 Å². The number of hydrogen-bond donors (Lipinski definition) is 1. The Labute approximate surface area is 155 Å². The molecule has 0 fully saturated rings. The fraction of sp³-hybridized carbons (Fsp3) is 0.333. The second-order valence-electron chi connectivity index (χ2n) is 5.28. The van der Waals surface area contributed by atoms with Crippen LogP contribution in [0.4, 0.5) is 0 Å². The number of carbonyl (C=O) groups excluding carboxylic acids is 1. The number of carbonyl (C=O) groups is 1. The van der Waals surface area contributed by atoms with Crippen LogP contribution in [0.15, 0.2) is 41.1 Å². The highest BCUT2D eigenvalue weighted by Gasteiger charge is 2.15. The molecule has 1 N–H and O–H groups in total. The average molecular weight is 409 g/mol. The maximum absolute atomic E-state index is 12.2. The Morgan fingerprint density at radius 2 is 1.96 bits per heavy atom. The molecule has 0 aliphatic rings. The molecule has 6 nitrogen and oxygen atoms in total. The van der Waals surface area contributed by atoms with Crippen LogP contribution < -0.4 is 19.5 Å². The van der Waals surface area contributed by atoms with Crippen LogP contribution >= 0.6 is 15.9 Å². The molecule has 1 heterocycles. The quantitative estimate of drug-likeness (QED) is 0.679. The zero-order valence-corrected chi connectivity index (χ0v) is 16.0. The molecule has 1 aromatic carbocycles. The molecule has 0 aliphatic carbocycles. The van der Waals surface area contributed by atoms with Crippen molar-refractivity contribution in [2.75, 3.05) is 20.8 Å². The van der Waals surface area contributed by atoms with Crippen molar-refractivity contribution < 1.29 is 19.0 Å². The van der Waals surface area contributed by atoms with E-state index in [9.17, 15) is 4.79 Å². The molecule has 0 saturated carbocycles. The van der Waals surface area contributed by atoms with Gasteiger partial charge in [-0.15, -0.1) is 0 Å². The van der Waals surface area contributed by atoms with E-state index in [0.717, 1.165) is 5.56 Å². The second-order valence-corrected chi connectivity index (χ2v) is 6.03. The summed E-state index contributed by atoms with van der Waals surface area (Å²) in [5, 5.41) is 2.86. The molecule has 134 valence electrons. The topological polar surface area (TPSA) is 69.7 Å². The van der Waals surface area contributed by atoms with E-state index in [-0.39, 0.29) is 5.91 Å². The minimum Gasteiger partial charge on any atom is -0.493 e. The van der Waals surface area contributed by atoms with Crippen LogP contribution in [0.25, 0.3) is 0 Å². The molecule has 1 amide bonds. The number of hydrogen-bond acceptors (Lipinski definition) is 5. The third kappa shape index (κ3) is 5.35. The van der Waals surface area contributed by atoms with E-state index >= 15 is 0 Å². The fourth-order valence-corrected chi connectivity index (χ4v) is 2.56. The van der Waals surface area contributed by atoms with Crippen LogP contribution in [0.3, 0.4) is 0 Å². The summed E-state index contributed by atoms with van der Waals surface area (Å²) in [4.78, 5) is 16.2. The standard InChI is InChI=1S/C18H21BrN2O4/c1-12(25-15-5-4-9-20-17(15)19)18(22)21-10-8-13-6-7-14(23-2)16(11-13)24-3/h4-7,9,11-12H,8,10H2,1-3H3,(H,21,22). The molecule has 7 heteroatoms. The second kappa shape index (κ2) is 9.27. The van der Waals surface area contributed by atoms with Crippen molar-refractivity contribution in [1.29, 1.82) is 0 Å². The number of nitrogens with zero attached hydrogens (tertiary/aromatic N) is 1. The summed E-state index contributed by atoms with van der Waals surface area (Å²) >= 11 is 3.29. The minimum atomic E-state index is -0.620. The van der Waals surface area contributed by atoms with E-state index in [4.69, 9.17) is 14.2 Å². The number of methoxy groups -OCH3 is 2. The van der Waals surface area contributed by atoms with Gasteiger partial charge in [-0.2, -0.15) is 0 Å². The molecule has 1 unspecified atom stereocenters. The van der Waals surface area contributed by atoms with Gasteiger partial charge in [-0.25, -0.2) is 4.98 Å². The van der Waals surface area contributed by atoms with E-state index in [2.05, 4.69) is 26.2 Å². The maximum atomic E-state index is 12.2. The molecule has 0 spiro atoms. The third-order valence-corrected chi connectivity index (χ3v) is 4.15. The predicted molar refractivity (Wildman–Crippen MR) is 98.3 cm³/mol. The molecule has 0 aliphatic heterocycles. The average Bonchev–Trinajstić information content (AvgIpc) is 2.63. The predicted octanol–water partition coefficient (Wildman–Crippen LogP) is 2.99. The smallest absolute Gasteiger partial charge is 0.260 e. The number of ether oxygens (including phenoxy) is 3. The molecule has 0 bridgehead atoms. The van der Waals surface area contributed by atoms with Gasteiger partial charge in [0.15, 0.2) is 23.4 Å². The van der Waals surface area contributed by atoms with Crippen molar-refractivity contribution in [1.82, 2.24) is 10.3 Å². The molecule has 1 atom stereocenters. The summed E-state index contributed by atoms with van der Waals surface area (Å²) < 4.78 is 16.7. The van der Waals surface area contributed by atoms with Gasteiger partial charge in [0.25, 0.3) is 5.91 Å². The molecular weight excluding hydrogens is 388 g/mol. The number of halogens is 1. The summed E-state index contributed by atoms with van der Waals surface area (Å²) in [5.74, 6) is 1.70. The zero-order chi connectivity index (χ0) is 18.2. The van der Waals surface area contributed by atoms with Gasteiger partial charge >= 0.3 is 0 Å². The summed E-state index contributed by atoms with van der Waals surface area (Å²) in [7, 11) is 3.19. The molecule has 2 rings (SSSR count). The third-order valence-electron chi connectivity index (χ3n) is 3.56. The lowest BCUT2D eigenvalue weighted by molar-refractivity contribution is -0.127. The SMILES string of the molecule is COc1ccc(CCNC(=O)C(C)Oc2cccnc2Br)cc1OC. The first-order valence-electron chi connectivity index (χ1n) is 7.81. The van der Waals surface area contributed by atoms with E-state index in [0.29, 0.717) is 34.8 Å². The van der Waals surface area contributed by atoms with E-state index in [1.54, 1.807) is 39.5 Å². The number of pyridine rings is 1. The van der Waals surface area contributed by atoms with Crippen molar-refractivity contribution in [3.8, 4) is 17.2 Å². The first-order chi connectivity index (χ1) is 12.0. The molecule has 2 aromatic rings. The van der Waals surface area contributed by atoms with Crippen LogP contribution in [0, 0.1) is 0 Å². The number of amides is 1. The highest BCUT2D eigenvalue weighted by Crippen LogP contribution is 2.27. The van der Waals surface area contributed by atoms with Gasteiger partial charge in [0.05, 0.1) is 14.2 Å². The van der Waals surface area contributed by atoms with E-state index in [1.807, 2.05) is 18.2 Å². The Kier molecular flexibility index (Phi) is 7.06. The van der Waals surface area contributed by atoms with Gasteiger partial charge < -0.3 is 19.5 Å². The highest BCUT2D eigenvalue weighted by atomic mass is 79.9. The lowest BCUT2D eigenvalue weighted by Crippen LogP contribution is -2.37. The number of nitrogens with one attached hydrogen (secondary N) is 1. The van der Waals surface area contributed by atoms with Gasteiger partial charge in [0.1, 0.15) is 4.60 Å². The van der Waals surface area contributed by atoms with Crippen molar-refractivity contribution in [3.63, 3.8) is 0 Å². The molecule has 0 radical (unpaired) electrons. The maximum Gasteiger partial charge on any atom is 0.260 e.